The Morgan fingerprint density at radius 2 is 1.93 bits per heavy atom. The van der Waals surface area contributed by atoms with E-state index in [1.54, 1.807) is 31.6 Å². The summed E-state index contributed by atoms with van der Waals surface area (Å²) in [5.41, 5.74) is 4.16. The number of aromatic nitrogens is 2. The van der Waals surface area contributed by atoms with Crippen LogP contribution in [0, 0.1) is 11.3 Å². The fourth-order valence-electron chi connectivity index (χ4n) is 3.19. The average Bonchev–Trinajstić information content (AvgIpc) is 2.71. The highest BCUT2D eigenvalue weighted by molar-refractivity contribution is 5.79. The van der Waals surface area contributed by atoms with Crippen molar-refractivity contribution in [2.24, 2.45) is 0 Å². The van der Waals surface area contributed by atoms with Crippen LogP contribution in [0.25, 0.3) is 23.3 Å². The lowest BCUT2D eigenvalue weighted by molar-refractivity contribution is 0.397. The van der Waals surface area contributed by atoms with Gasteiger partial charge in [0.1, 0.15) is 11.8 Å². The summed E-state index contributed by atoms with van der Waals surface area (Å²) in [6.45, 7) is 6.32. The standard InChI is InChI=1S/C24H23N3O2/c1-24(2,3)21-13-18(20-6-5-10-27-23(20)28)12-17(22(21)29-4)8-7-16-9-11-26-15-19(16)14-25/h5-13,15H,1-4H3,(H,27,28). The lowest BCUT2D eigenvalue weighted by Gasteiger charge is -2.24. The molecule has 3 aromatic rings. The van der Waals surface area contributed by atoms with Crippen molar-refractivity contribution in [1.82, 2.24) is 9.97 Å². The van der Waals surface area contributed by atoms with Gasteiger partial charge in [-0.15, -0.1) is 0 Å². The van der Waals surface area contributed by atoms with Crippen LogP contribution >= 0.6 is 0 Å². The normalized spacial score (nSPS) is 11.4. The van der Waals surface area contributed by atoms with Gasteiger partial charge in [0, 0.05) is 35.3 Å². The van der Waals surface area contributed by atoms with E-state index in [-0.39, 0.29) is 11.0 Å². The van der Waals surface area contributed by atoms with Crippen LogP contribution < -0.4 is 10.3 Å². The van der Waals surface area contributed by atoms with Crippen LogP contribution in [0.1, 0.15) is 43.0 Å². The van der Waals surface area contributed by atoms with Gasteiger partial charge >= 0.3 is 0 Å². The molecule has 0 amide bonds. The number of rotatable bonds is 4. The lowest BCUT2D eigenvalue weighted by Crippen LogP contribution is -2.15. The molecule has 0 fully saturated rings. The van der Waals surface area contributed by atoms with Crippen molar-refractivity contribution in [1.29, 1.82) is 5.26 Å². The summed E-state index contributed by atoms with van der Waals surface area (Å²) in [6.07, 6.45) is 8.58. The van der Waals surface area contributed by atoms with E-state index >= 15 is 0 Å². The molecule has 0 saturated carbocycles. The predicted octanol–water partition coefficient (Wildman–Crippen LogP) is 4.79. The summed E-state index contributed by atoms with van der Waals surface area (Å²) in [7, 11) is 1.64. The molecule has 146 valence electrons. The van der Waals surface area contributed by atoms with Crippen LogP contribution in [0.3, 0.4) is 0 Å². The molecule has 1 N–H and O–H groups in total. The van der Waals surface area contributed by atoms with Gasteiger partial charge in [-0.25, -0.2) is 0 Å². The highest BCUT2D eigenvalue weighted by atomic mass is 16.5. The molecule has 29 heavy (non-hydrogen) atoms. The van der Waals surface area contributed by atoms with Gasteiger partial charge in [0.2, 0.25) is 0 Å². The smallest absolute Gasteiger partial charge is 0.255 e. The molecule has 5 heteroatoms. The first kappa shape index (κ1) is 20.1. The first-order valence-electron chi connectivity index (χ1n) is 9.28. The third-order valence-electron chi connectivity index (χ3n) is 4.68. The van der Waals surface area contributed by atoms with Crippen LogP contribution in [0.5, 0.6) is 5.75 Å². The van der Waals surface area contributed by atoms with Crippen LogP contribution in [0.15, 0.2) is 53.7 Å². The molecule has 0 bridgehead atoms. The van der Waals surface area contributed by atoms with Gasteiger partial charge in [-0.3, -0.25) is 9.78 Å². The van der Waals surface area contributed by atoms with Crippen molar-refractivity contribution in [3.8, 4) is 22.9 Å². The van der Waals surface area contributed by atoms with Gasteiger partial charge in [0.25, 0.3) is 5.56 Å². The van der Waals surface area contributed by atoms with E-state index in [0.717, 1.165) is 28.0 Å². The summed E-state index contributed by atoms with van der Waals surface area (Å²) in [5, 5.41) is 9.30. The van der Waals surface area contributed by atoms with Crippen molar-refractivity contribution < 1.29 is 4.74 Å². The number of methoxy groups -OCH3 is 1. The number of aromatic amines is 1. The quantitative estimate of drug-likeness (QED) is 0.701. The Morgan fingerprint density at radius 1 is 1.17 bits per heavy atom. The fraction of sp³-hybridized carbons (Fsp3) is 0.208. The Kier molecular flexibility index (Phi) is 5.65. The number of ether oxygens (including phenoxy) is 1. The van der Waals surface area contributed by atoms with Crippen LogP contribution in [-0.2, 0) is 5.41 Å². The highest BCUT2D eigenvalue weighted by Gasteiger charge is 2.22. The van der Waals surface area contributed by atoms with Crippen molar-refractivity contribution in [3.63, 3.8) is 0 Å². The second-order valence-electron chi connectivity index (χ2n) is 7.72. The third-order valence-corrected chi connectivity index (χ3v) is 4.68. The van der Waals surface area contributed by atoms with E-state index in [9.17, 15) is 10.1 Å². The van der Waals surface area contributed by atoms with Gasteiger partial charge in [0.15, 0.2) is 0 Å². The summed E-state index contributed by atoms with van der Waals surface area (Å²) in [5.74, 6) is 0.748. The number of nitrogens with zero attached hydrogens (tertiary/aromatic N) is 2. The maximum atomic E-state index is 12.4. The van der Waals surface area contributed by atoms with Crippen molar-refractivity contribution in [3.05, 3.63) is 81.5 Å². The molecule has 2 heterocycles. The summed E-state index contributed by atoms with van der Waals surface area (Å²) in [4.78, 5) is 19.1. The fourth-order valence-corrected chi connectivity index (χ4v) is 3.19. The van der Waals surface area contributed by atoms with E-state index in [1.165, 1.54) is 6.20 Å². The maximum absolute atomic E-state index is 12.4. The molecule has 3 rings (SSSR count). The summed E-state index contributed by atoms with van der Waals surface area (Å²) in [6, 6.07) is 11.5. The second kappa shape index (κ2) is 8.15. The molecule has 0 saturated heterocycles. The van der Waals surface area contributed by atoms with E-state index < -0.39 is 0 Å². The Morgan fingerprint density at radius 3 is 2.59 bits per heavy atom. The van der Waals surface area contributed by atoms with Gasteiger partial charge < -0.3 is 9.72 Å². The Balaban J connectivity index is 2.23. The number of nitriles is 1. The minimum atomic E-state index is -0.194. The molecule has 0 aliphatic heterocycles. The molecule has 2 aromatic heterocycles. The largest absolute Gasteiger partial charge is 0.496 e. The lowest BCUT2D eigenvalue weighted by atomic mass is 9.83. The van der Waals surface area contributed by atoms with Gasteiger partial charge in [-0.05, 0) is 46.9 Å². The molecule has 1 aromatic carbocycles. The van der Waals surface area contributed by atoms with Crippen LogP contribution in [-0.4, -0.2) is 17.1 Å². The van der Waals surface area contributed by atoms with Gasteiger partial charge in [0.05, 0.1) is 12.7 Å². The van der Waals surface area contributed by atoms with Gasteiger partial charge in [-0.2, -0.15) is 5.26 Å². The first-order chi connectivity index (χ1) is 13.8. The number of nitrogens with one attached hydrogen (secondary N) is 1. The predicted molar refractivity (Wildman–Crippen MR) is 116 cm³/mol. The first-order valence-corrected chi connectivity index (χ1v) is 9.28. The van der Waals surface area contributed by atoms with Crippen LogP contribution in [0.2, 0.25) is 0 Å². The second-order valence-corrected chi connectivity index (χ2v) is 7.72. The molecule has 0 aliphatic rings. The monoisotopic (exact) mass is 385 g/mol. The van der Waals surface area contributed by atoms with E-state index in [2.05, 4.69) is 36.8 Å². The molecule has 5 nitrogen and oxygen atoms in total. The minimum Gasteiger partial charge on any atom is -0.496 e. The molecule has 0 spiro atoms. The molecule has 0 unspecified atom stereocenters. The zero-order valence-corrected chi connectivity index (χ0v) is 17.0. The number of H-pyrrole nitrogens is 1. The molecule has 0 atom stereocenters. The third kappa shape index (κ3) is 4.27. The van der Waals surface area contributed by atoms with E-state index in [4.69, 9.17) is 4.74 Å². The molecular formula is C24H23N3O2. The van der Waals surface area contributed by atoms with Crippen molar-refractivity contribution in [2.45, 2.75) is 26.2 Å². The van der Waals surface area contributed by atoms with E-state index in [0.29, 0.717) is 11.1 Å². The molecular weight excluding hydrogens is 362 g/mol. The Hall–Kier alpha value is -3.65. The van der Waals surface area contributed by atoms with Crippen molar-refractivity contribution >= 4 is 12.2 Å². The topological polar surface area (TPSA) is 78.8 Å². The Labute approximate surface area is 170 Å². The van der Waals surface area contributed by atoms with E-state index in [1.807, 2.05) is 30.4 Å². The average molecular weight is 385 g/mol. The minimum absolute atomic E-state index is 0.145. The Bertz CT molecular complexity index is 1160. The number of pyridine rings is 2. The zero-order valence-electron chi connectivity index (χ0n) is 17.0. The summed E-state index contributed by atoms with van der Waals surface area (Å²) >= 11 is 0. The maximum Gasteiger partial charge on any atom is 0.255 e. The number of benzene rings is 1. The number of hydrogen-bond acceptors (Lipinski definition) is 4. The highest BCUT2D eigenvalue weighted by Crippen LogP contribution is 2.38. The van der Waals surface area contributed by atoms with Gasteiger partial charge in [-0.1, -0.05) is 32.9 Å². The SMILES string of the molecule is COc1c(C=Cc2ccncc2C#N)cc(-c2ccc[nH]c2=O)cc1C(C)(C)C. The number of hydrogen-bond donors (Lipinski definition) is 1. The summed E-state index contributed by atoms with van der Waals surface area (Å²) < 4.78 is 5.75. The van der Waals surface area contributed by atoms with Crippen molar-refractivity contribution in [2.75, 3.05) is 7.11 Å². The molecule has 0 aliphatic carbocycles. The molecule has 0 radical (unpaired) electrons. The van der Waals surface area contributed by atoms with Crippen LogP contribution in [0.4, 0.5) is 0 Å². The zero-order chi connectivity index (χ0) is 21.0.